The quantitative estimate of drug-likeness (QED) is 0.790. The molecule has 0 atom stereocenters. The Kier molecular flexibility index (Phi) is 3.31. The van der Waals surface area contributed by atoms with Crippen molar-refractivity contribution in [3.8, 4) is 11.4 Å². The lowest BCUT2D eigenvalue weighted by Crippen LogP contribution is -2.21. The number of nitrogens with two attached hydrogens (primary N) is 1. The molecule has 4 nitrogen and oxygen atoms in total. The van der Waals surface area contributed by atoms with Gasteiger partial charge in [-0.3, -0.25) is 9.36 Å². The molecule has 0 amide bonds. The average molecular weight is 301 g/mol. The van der Waals surface area contributed by atoms with Crippen molar-refractivity contribution in [1.29, 1.82) is 0 Å². The number of rotatable bonds is 2. The molecule has 0 unspecified atom stereocenters. The normalized spacial score (nSPS) is 10.8. The van der Waals surface area contributed by atoms with Gasteiger partial charge in [-0.25, -0.2) is 0 Å². The van der Waals surface area contributed by atoms with Gasteiger partial charge in [0.2, 0.25) is 0 Å². The van der Waals surface area contributed by atoms with E-state index in [0.29, 0.717) is 27.7 Å². The third-order valence-electron chi connectivity index (χ3n) is 3.35. The monoisotopic (exact) mass is 300 g/mol. The van der Waals surface area contributed by atoms with Crippen LogP contribution in [0.15, 0.2) is 53.3 Å². The summed E-state index contributed by atoms with van der Waals surface area (Å²) in [5.41, 5.74) is 6.46. The number of hydrogen-bond acceptors (Lipinski definition) is 3. The Morgan fingerprint density at radius 3 is 2.62 bits per heavy atom. The maximum atomic E-state index is 12.6. The Morgan fingerprint density at radius 2 is 1.90 bits per heavy atom. The zero-order valence-electron chi connectivity index (χ0n) is 11.3. The molecule has 0 saturated heterocycles. The van der Waals surface area contributed by atoms with Crippen molar-refractivity contribution in [3.05, 3.63) is 63.9 Å². The van der Waals surface area contributed by atoms with Crippen molar-refractivity contribution in [2.45, 2.75) is 0 Å². The van der Waals surface area contributed by atoms with Crippen molar-refractivity contribution in [2.24, 2.45) is 0 Å². The molecule has 0 aliphatic heterocycles. The fourth-order valence-corrected chi connectivity index (χ4v) is 2.59. The first-order chi connectivity index (χ1) is 10.1. The van der Waals surface area contributed by atoms with E-state index in [1.165, 1.54) is 11.7 Å². The second kappa shape index (κ2) is 5.14. The molecule has 0 radical (unpaired) electrons. The number of ether oxygens (including phenoxy) is 1. The van der Waals surface area contributed by atoms with Gasteiger partial charge in [0.1, 0.15) is 11.6 Å². The van der Waals surface area contributed by atoms with Crippen LogP contribution in [0.5, 0.6) is 5.75 Å². The van der Waals surface area contributed by atoms with Gasteiger partial charge in [-0.2, -0.15) is 0 Å². The summed E-state index contributed by atoms with van der Waals surface area (Å²) in [5, 5.41) is 1.85. The molecule has 3 aromatic rings. The van der Waals surface area contributed by atoms with Crippen LogP contribution < -0.4 is 16.0 Å². The number of nitrogens with zero attached hydrogens (tertiary/aromatic N) is 1. The van der Waals surface area contributed by atoms with Crippen LogP contribution in [-0.2, 0) is 0 Å². The van der Waals surface area contributed by atoms with Crippen LogP contribution in [0.25, 0.3) is 16.5 Å². The first-order valence-corrected chi connectivity index (χ1v) is 6.74. The number of halogens is 1. The molecule has 0 bridgehead atoms. The van der Waals surface area contributed by atoms with E-state index in [-0.39, 0.29) is 5.56 Å². The summed E-state index contributed by atoms with van der Waals surface area (Å²) in [6.07, 6.45) is 0. The highest BCUT2D eigenvalue weighted by Gasteiger charge is 2.10. The van der Waals surface area contributed by atoms with Crippen LogP contribution in [0, 0.1) is 0 Å². The number of nitrogen functional groups attached to an aromatic ring is 1. The third-order valence-corrected chi connectivity index (χ3v) is 3.64. The Hall–Kier alpha value is -2.46. The highest BCUT2D eigenvalue weighted by Crippen LogP contribution is 2.27. The van der Waals surface area contributed by atoms with Gasteiger partial charge in [-0.05, 0) is 35.7 Å². The van der Waals surface area contributed by atoms with E-state index in [0.717, 1.165) is 5.39 Å². The van der Waals surface area contributed by atoms with Gasteiger partial charge in [-0.1, -0.05) is 29.8 Å². The number of methoxy groups -OCH3 is 1. The molecule has 0 saturated carbocycles. The van der Waals surface area contributed by atoms with Gasteiger partial charge in [0.05, 0.1) is 17.8 Å². The molecule has 2 N–H and O–H groups in total. The van der Waals surface area contributed by atoms with E-state index in [1.807, 2.05) is 18.2 Å². The summed E-state index contributed by atoms with van der Waals surface area (Å²) in [6, 6.07) is 14.2. The first kappa shape index (κ1) is 13.5. The van der Waals surface area contributed by atoms with Gasteiger partial charge in [-0.15, -0.1) is 0 Å². The lowest BCUT2D eigenvalue weighted by atomic mass is 10.1. The number of fused-ring (bicyclic) bond motifs is 1. The zero-order chi connectivity index (χ0) is 15.0. The van der Waals surface area contributed by atoms with Crippen LogP contribution >= 0.6 is 11.6 Å². The minimum atomic E-state index is -0.174. The minimum Gasteiger partial charge on any atom is -0.495 e. The summed E-state index contributed by atoms with van der Waals surface area (Å²) in [7, 11) is 1.54. The zero-order valence-corrected chi connectivity index (χ0v) is 12.1. The molecular weight excluding hydrogens is 288 g/mol. The van der Waals surface area contributed by atoms with Gasteiger partial charge < -0.3 is 10.5 Å². The number of pyridine rings is 1. The van der Waals surface area contributed by atoms with Gasteiger partial charge in [0.15, 0.2) is 0 Å². The fourth-order valence-electron chi connectivity index (χ4n) is 2.34. The summed E-state index contributed by atoms with van der Waals surface area (Å²) in [6.45, 7) is 0. The largest absolute Gasteiger partial charge is 0.495 e. The number of aromatic nitrogens is 1. The van der Waals surface area contributed by atoms with E-state index in [1.54, 1.807) is 30.3 Å². The lowest BCUT2D eigenvalue weighted by molar-refractivity contribution is 0.415. The topological polar surface area (TPSA) is 57.2 Å². The predicted molar refractivity (Wildman–Crippen MR) is 85.5 cm³/mol. The second-order valence-corrected chi connectivity index (χ2v) is 5.02. The highest BCUT2D eigenvalue weighted by molar-refractivity contribution is 6.32. The van der Waals surface area contributed by atoms with Crippen molar-refractivity contribution in [1.82, 2.24) is 4.57 Å². The van der Waals surface area contributed by atoms with E-state index in [2.05, 4.69) is 0 Å². The third kappa shape index (κ3) is 2.23. The summed E-state index contributed by atoms with van der Waals surface area (Å²) in [4.78, 5) is 12.6. The molecule has 0 aliphatic rings. The summed E-state index contributed by atoms with van der Waals surface area (Å²) in [5.74, 6) is 0.910. The first-order valence-electron chi connectivity index (χ1n) is 6.36. The molecule has 1 heterocycles. The van der Waals surface area contributed by atoms with Crippen LogP contribution in [0.1, 0.15) is 0 Å². The molecule has 5 heteroatoms. The van der Waals surface area contributed by atoms with Gasteiger partial charge in [0.25, 0.3) is 5.56 Å². The van der Waals surface area contributed by atoms with E-state index >= 15 is 0 Å². The van der Waals surface area contributed by atoms with E-state index in [4.69, 9.17) is 22.1 Å². The molecule has 0 spiro atoms. The highest BCUT2D eigenvalue weighted by atomic mass is 35.5. The minimum absolute atomic E-state index is 0.174. The maximum absolute atomic E-state index is 12.6. The standard InChI is InChI=1S/C16H13ClN2O2/c1-21-14-7-6-11(9-13(14)17)19-15(18)8-10-4-2-3-5-12(10)16(19)20/h2-9H,18H2,1H3. The summed E-state index contributed by atoms with van der Waals surface area (Å²) < 4.78 is 6.55. The van der Waals surface area contributed by atoms with Crippen molar-refractivity contribution in [3.63, 3.8) is 0 Å². The maximum Gasteiger partial charge on any atom is 0.264 e. The Bertz CT molecular complexity index is 887. The molecule has 3 rings (SSSR count). The van der Waals surface area contributed by atoms with Gasteiger partial charge >= 0.3 is 0 Å². The molecule has 106 valence electrons. The van der Waals surface area contributed by atoms with E-state index in [9.17, 15) is 4.79 Å². The van der Waals surface area contributed by atoms with Crippen LogP contribution in [0.4, 0.5) is 5.82 Å². The fraction of sp³-hybridized carbons (Fsp3) is 0.0625. The lowest BCUT2D eigenvalue weighted by Gasteiger charge is -2.12. The predicted octanol–water partition coefficient (Wildman–Crippen LogP) is 3.23. The van der Waals surface area contributed by atoms with Crippen LogP contribution in [0.3, 0.4) is 0 Å². The average Bonchev–Trinajstić information content (AvgIpc) is 2.47. The van der Waals surface area contributed by atoms with Crippen LogP contribution in [0.2, 0.25) is 5.02 Å². The molecular formula is C16H13ClN2O2. The molecule has 0 fully saturated rings. The number of anilines is 1. The number of benzene rings is 2. The Labute approximate surface area is 126 Å². The van der Waals surface area contributed by atoms with Crippen molar-refractivity contribution >= 4 is 28.2 Å². The van der Waals surface area contributed by atoms with Crippen molar-refractivity contribution < 1.29 is 4.74 Å². The Balaban J connectivity index is 2.30. The van der Waals surface area contributed by atoms with Crippen LogP contribution in [-0.4, -0.2) is 11.7 Å². The molecule has 2 aromatic carbocycles. The molecule has 0 aliphatic carbocycles. The smallest absolute Gasteiger partial charge is 0.264 e. The van der Waals surface area contributed by atoms with Gasteiger partial charge in [0, 0.05) is 5.39 Å². The summed E-state index contributed by atoms with van der Waals surface area (Å²) >= 11 is 6.12. The molecule has 21 heavy (non-hydrogen) atoms. The second-order valence-electron chi connectivity index (χ2n) is 4.62. The Morgan fingerprint density at radius 1 is 1.14 bits per heavy atom. The van der Waals surface area contributed by atoms with E-state index < -0.39 is 0 Å². The SMILES string of the molecule is COc1ccc(-n2c(N)cc3ccccc3c2=O)cc1Cl. The molecule has 1 aromatic heterocycles. The van der Waals surface area contributed by atoms with Crippen molar-refractivity contribution in [2.75, 3.05) is 12.8 Å². The number of hydrogen-bond donors (Lipinski definition) is 1.